The highest BCUT2D eigenvalue weighted by Gasteiger charge is 2.19. The van der Waals surface area contributed by atoms with E-state index in [1.807, 2.05) is 0 Å². The van der Waals surface area contributed by atoms with Gasteiger partial charge in [-0.25, -0.2) is 4.79 Å². The van der Waals surface area contributed by atoms with Crippen LogP contribution in [0.25, 0.3) is 0 Å². The molecule has 1 amide bonds. The third-order valence-electron chi connectivity index (χ3n) is 7.07. The first-order valence-corrected chi connectivity index (χ1v) is 16.9. The quantitative estimate of drug-likeness (QED) is 0.0950. The van der Waals surface area contributed by atoms with Gasteiger partial charge in [-0.3, -0.25) is 4.79 Å². The molecule has 0 bridgehead atoms. The minimum atomic E-state index is -0.913. The van der Waals surface area contributed by atoms with E-state index < -0.39 is 12.0 Å². The van der Waals surface area contributed by atoms with Gasteiger partial charge in [0.2, 0.25) is 5.91 Å². The SMILES string of the molecule is CCCCCCCCCCCCCCCC(=O)N[C@@H](CSCCCCCCCCCCCC)C(=O)O. The summed E-state index contributed by atoms with van der Waals surface area (Å²) < 4.78 is 0. The lowest BCUT2D eigenvalue weighted by Crippen LogP contribution is -2.42. The predicted molar refractivity (Wildman–Crippen MR) is 159 cm³/mol. The lowest BCUT2D eigenvalue weighted by atomic mass is 10.0. The smallest absolute Gasteiger partial charge is 0.327 e. The van der Waals surface area contributed by atoms with Crippen LogP contribution in [0.1, 0.15) is 168 Å². The Hall–Kier alpha value is -0.710. The molecule has 214 valence electrons. The number of carboxylic acids is 1. The summed E-state index contributed by atoms with van der Waals surface area (Å²) in [7, 11) is 0. The van der Waals surface area contributed by atoms with Crippen molar-refractivity contribution < 1.29 is 14.7 Å². The Morgan fingerprint density at radius 3 is 1.33 bits per heavy atom. The van der Waals surface area contributed by atoms with Gasteiger partial charge in [0.25, 0.3) is 0 Å². The number of carbonyl (C=O) groups excluding carboxylic acids is 1. The molecular formula is C31H61NO3S. The molecule has 0 aromatic rings. The molecule has 0 aromatic carbocycles. The third-order valence-corrected chi connectivity index (χ3v) is 8.21. The van der Waals surface area contributed by atoms with Gasteiger partial charge in [0, 0.05) is 12.2 Å². The van der Waals surface area contributed by atoms with Crippen molar-refractivity contribution in [3.05, 3.63) is 0 Å². The Kier molecular flexibility index (Phi) is 28.3. The van der Waals surface area contributed by atoms with Crippen molar-refractivity contribution in [2.75, 3.05) is 11.5 Å². The number of aliphatic carboxylic acids is 1. The number of unbranched alkanes of at least 4 members (excludes halogenated alkanes) is 21. The van der Waals surface area contributed by atoms with E-state index in [2.05, 4.69) is 19.2 Å². The van der Waals surface area contributed by atoms with E-state index in [1.165, 1.54) is 128 Å². The maximum absolute atomic E-state index is 12.2. The van der Waals surface area contributed by atoms with Gasteiger partial charge in [-0.15, -0.1) is 0 Å². The van der Waals surface area contributed by atoms with E-state index in [9.17, 15) is 14.7 Å². The van der Waals surface area contributed by atoms with E-state index in [-0.39, 0.29) is 5.91 Å². The number of hydrogen-bond acceptors (Lipinski definition) is 3. The average molecular weight is 528 g/mol. The van der Waals surface area contributed by atoms with Gasteiger partial charge in [0.15, 0.2) is 0 Å². The van der Waals surface area contributed by atoms with Gasteiger partial charge < -0.3 is 10.4 Å². The van der Waals surface area contributed by atoms with E-state index in [0.29, 0.717) is 12.2 Å². The van der Waals surface area contributed by atoms with Crippen LogP contribution in [0.5, 0.6) is 0 Å². The van der Waals surface area contributed by atoms with Crippen LogP contribution < -0.4 is 5.32 Å². The first-order chi connectivity index (χ1) is 17.6. The fourth-order valence-electron chi connectivity index (χ4n) is 4.64. The second-order valence-electron chi connectivity index (χ2n) is 10.7. The normalized spacial score (nSPS) is 12.1. The molecule has 0 fully saturated rings. The summed E-state index contributed by atoms with van der Waals surface area (Å²) in [6.45, 7) is 4.52. The van der Waals surface area contributed by atoms with Gasteiger partial charge in [-0.1, -0.05) is 149 Å². The standard InChI is InChI=1S/C31H61NO3S/c1-3-5-7-9-11-13-15-16-17-18-20-22-24-26-30(33)32-29(31(34)35)28-36-27-25-23-21-19-14-12-10-8-6-4-2/h29H,3-28H2,1-2H3,(H,32,33)(H,34,35)/t29-/m0/s1. The molecule has 5 heteroatoms. The molecule has 0 heterocycles. The lowest BCUT2D eigenvalue weighted by Gasteiger charge is -2.14. The summed E-state index contributed by atoms with van der Waals surface area (Å²) in [5.41, 5.74) is 0. The molecule has 0 aliphatic carbocycles. The van der Waals surface area contributed by atoms with Gasteiger partial charge in [0.05, 0.1) is 0 Å². The second kappa shape index (κ2) is 28.9. The lowest BCUT2D eigenvalue weighted by molar-refractivity contribution is -0.141. The Morgan fingerprint density at radius 1 is 0.583 bits per heavy atom. The Morgan fingerprint density at radius 2 is 0.944 bits per heavy atom. The number of nitrogens with one attached hydrogen (secondary N) is 1. The first kappa shape index (κ1) is 35.3. The molecule has 0 radical (unpaired) electrons. The molecule has 1 atom stereocenters. The molecule has 36 heavy (non-hydrogen) atoms. The molecule has 2 N–H and O–H groups in total. The van der Waals surface area contributed by atoms with Crippen molar-refractivity contribution in [1.82, 2.24) is 5.32 Å². The fraction of sp³-hybridized carbons (Fsp3) is 0.935. The van der Waals surface area contributed by atoms with Gasteiger partial charge >= 0.3 is 5.97 Å². The highest BCUT2D eigenvalue weighted by atomic mass is 32.2. The maximum atomic E-state index is 12.2. The monoisotopic (exact) mass is 527 g/mol. The maximum Gasteiger partial charge on any atom is 0.327 e. The van der Waals surface area contributed by atoms with Crippen molar-refractivity contribution in [2.24, 2.45) is 0 Å². The summed E-state index contributed by atoms with van der Waals surface area (Å²) in [6, 6.07) is -0.757. The zero-order valence-electron chi connectivity index (χ0n) is 24.1. The number of rotatable bonds is 29. The zero-order chi connectivity index (χ0) is 26.5. The van der Waals surface area contributed by atoms with Gasteiger partial charge in [-0.2, -0.15) is 11.8 Å². The third kappa shape index (κ3) is 26.4. The van der Waals surface area contributed by atoms with E-state index >= 15 is 0 Å². The van der Waals surface area contributed by atoms with Crippen LogP contribution >= 0.6 is 11.8 Å². The summed E-state index contributed by atoms with van der Waals surface area (Å²) in [4.78, 5) is 23.7. The molecule has 0 saturated heterocycles. The number of amides is 1. The molecule has 0 aliphatic rings. The molecule has 0 saturated carbocycles. The highest BCUT2D eigenvalue weighted by molar-refractivity contribution is 7.99. The first-order valence-electron chi connectivity index (χ1n) is 15.7. The van der Waals surface area contributed by atoms with Crippen LogP contribution in [0.2, 0.25) is 0 Å². The second-order valence-corrected chi connectivity index (χ2v) is 11.9. The molecule has 0 unspecified atom stereocenters. The summed E-state index contributed by atoms with van der Waals surface area (Å²) >= 11 is 1.66. The van der Waals surface area contributed by atoms with E-state index in [4.69, 9.17) is 0 Å². The predicted octanol–water partition coefficient (Wildman–Crippen LogP) is 9.69. The number of carbonyl (C=O) groups is 2. The van der Waals surface area contributed by atoms with Crippen LogP contribution in [0.3, 0.4) is 0 Å². The fourth-order valence-corrected chi connectivity index (χ4v) is 5.67. The van der Waals surface area contributed by atoms with Gasteiger partial charge in [-0.05, 0) is 18.6 Å². The molecule has 0 aromatic heterocycles. The number of thioether (sulfide) groups is 1. The Balaban J connectivity index is 3.56. The van der Waals surface area contributed by atoms with Crippen LogP contribution in [0.4, 0.5) is 0 Å². The van der Waals surface area contributed by atoms with E-state index in [0.717, 1.165) is 25.0 Å². The van der Waals surface area contributed by atoms with Crippen LogP contribution in [0.15, 0.2) is 0 Å². The Labute approximate surface area is 228 Å². The van der Waals surface area contributed by atoms with Crippen molar-refractivity contribution >= 4 is 23.6 Å². The average Bonchev–Trinajstić information content (AvgIpc) is 2.86. The van der Waals surface area contributed by atoms with E-state index in [1.54, 1.807) is 11.8 Å². The van der Waals surface area contributed by atoms with Crippen molar-refractivity contribution in [3.8, 4) is 0 Å². The topological polar surface area (TPSA) is 66.4 Å². The summed E-state index contributed by atoms with van der Waals surface area (Å²) in [6.07, 6.45) is 30.2. The largest absolute Gasteiger partial charge is 0.480 e. The van der Waals surface area contributed by atoms with Crippen LogP contribution in [-0.2, 0) is 9.59 Å². The number of carboxylic acid groups (broad SMARTS) is 1. The Bertz CT molecular complexity index is 486. The molecule has 0 aliphatic heterocycles. The minimum Gasteiger partial charge on any atom is -0.480 e. The van der Waals surface area contributed by atoms with Gasteiger partial charge in [0.1, 0.15) is 6.04 Å². The van der Waals surface area contributed by atoms with Crippen molar-refractivity contribution in [3.63, 3.8) is 0 Å². The highest BCUT2D eigenvalue weighted by Crippen LogP contribution is 2.14. The van der Waals surface area contributed by atoms with Crippen molar-refractivity contribution in [1.29, 1.82) is 0 Å². The molecule has 4 nitrogen and oxygen atoms in total. The van der Waals surface area contributed by atoms with Crippen LogP contribution in [0, 0.1) is 0 Å². The molecular weight excluding hydrogens is 466 g/mol. The summed E-state index contributed by atoms with van der Waals surface area (Å²) in [5.74, 6) is 0.431. The van der Waals surface area contributed by atoms with Crippen molar-refractivity contribution in [2.45, 2.75) is 174 Å². The van der Waals surface area contributed by atoms with Crippen LogP contribution in [-0.4, -0.2) is 34.5 Å². The zero-order valence-corrected chi connectivity index (χ0v) is 25.0. The number of hydrogen-bond donors (Lipinski definition) is 2. The summed E-state index contributed by atoms with van der Waals surface area (Å²) in [5, 5.41) is 12.2. The molecule has 0 rings (SSSR count). The molecule has 0 spiro atoms. The minimum absolute atomic E-state index is 0.106.